The molecule has 3 heterocycles. The van der Waals surface area contributed by atoms with Crippen LogP contribution in [0, 0.1) is 0 Å². The summed E-state index contributed by atoms with van der Waals surface area (Å²) in [7, 11) is 0. The number of benzene rings is 1. The van der Waals surface area contributed by atoms with Crippen molar-refractivity contribution >= 4 is 27.5 Å². The fraction of sp³-hybridized carbons (Fsp3) is 0.524. The van der Waals surface area contributed by atoms with Crippen molar-refractivity contribution in [3.8, 4) is 0 Å². The number of thiazole rings is 1. The number of nitrogens with zero attached hydrogens (tertiary/aromatic N) is 5. The number of amides is 1. The minimum absolute atomic E-state index is 0.262. The summed E-state index contributed by atoms with van der Waals surface area (Å²) in [6, 6.07) is 8.26. The zero-order valence-electron chi connectivity index (χ0n) is 16.0. The molecule has 0 unspecified atom stereocenters. The van der Waals surface area contributed by atoms with Gasteiger partial charge in [0.1, 0.15) is 5.82 Å². The van der Waals surface area contributed by atoms with Gasteiger partial charge in [-0.15, -0.1) is 11.3 Å². The van der Waals surface area contributed by atoms with Crippen molar-refractivity contribution in [3.63, 3.8) is 0 Å². The Labute approximate surface area is 168 Å². The Hall–Kier alpha value is -2.28. The summed E-state index contributed by atoms with van der Waals surface area (Å²) < 4.78 is 3.27. The molecule has 0 radical (unpaired) electrons. The average Bonchev–Trinajstić information content (AvgIpc) is 3.40. The van der Waals surface area contributed by atoms with Crippen LogP contribution in [0.1, 0.15) is 54.7 Å². The van der Waals surface area contributed by atoms with E-state index in [0.717, 1.165) is 62.5 Å². The average molecular weight is 396 g/mol. The van der Waals surface area contributed by atoms with E-state index in [0.29, 0.717) is 12.3 Å². The molecule has 28 heavy (non-hydrogen) atoms. The molecular formula is C21H25N5OS. The number of carbonyl (C=O) groups is 1. The quantitative estimate of drug-likeness (QED) is 0.599. The third-order valence-electron chi connectivity index (χ3n) is 5.62. The Morgan fingerprint density at radius 1 is 1.11 bits per heavy atom. The SMILES string of the molecule is O=C(CCCCc1nc2ccccc2s1)N1CCc2nc(C3CC3)nn2CC1. The molecule has 0 N–H and O–H groups in total. The Morgan fingerprint density at radius 3 is 2.86 bits per heavy atom. The van der Waals surface area contributed by atoms with Crippen LogP contribution in [0.3, 0.4) is 0 Å². The highest BCUT2D eigenvalue weighted by molar-refractivity contribution is 7.18. The van der Waals surface area contributed by atoms with Gasteiger partial charge in [-0.1, -0.05) is 12.1 Å². The van der Waals surface area contributed by atoms with Gasteiger partial charge in [-0.3, -0.25) is 4.79 Å². The molecule has 3 aromatic rings. The van der Waals surface area contributed by atoms with E-state index >= 15 is 0 Å². The Bertz CT molecular complexity index is 931. The third-order valence-corrected chi connectivity index (χ3v) is 6.71. The molecule has 146 valence electrons. The first-order valence-electron chi connectivity index (χ1n) is 10.3. The lowest BCUT2D eigenvalue weighted by Crippen LogP contribution is -2.33. The monoisotopic (exact) mass is 395 g/mol. The second kappa shape index (κ2) is 7.62. The largest absolute Gasteiger partial charge is 0.340 e. The van der Waals surface area contributed by atoms with E-state index in [2.05, 4.69) is 28.3 Å². The molecule has 2 aliphatic rings. The number of aromatic nitrogens is 4. The number of para-hydroxylation sites is 1. The fourth-order valence-corrected chi connectivity index (χ4v) is 4.83. The first-order chi connectivity index (χ1) is 13.8. The molecular weight excluding hydrogens is 370 g/mol. The number of fused-ring (bicyclic) bond motifs is 2. The van der Waals surface area contributed by atoms with E-state index in [9.17, 15) is 4.79 Å². The lowest BCUT2D eigenvalue weighted by atomic mass is 10.2. The van der Waals surface area contributed by atoms with Gasteiger partial charge < -0.3 is 4.90 Å². The molecule has 1 aliphatic heterocycles. The minimum Gasteiger partial charge on any atom is -0.340 e. The van der Waals surface area contributed by atoms with Gasteiger partial charge in [-0.2, -0.15) is 5.10 Å². The van der Waals surface area contributed by atoms with E-state index < -0.39 is 0 Å². The highest BCUT2D eigenvalue weighted by Crippen LogP contribution is 2.38. The number of unbranched alkanes of at least 4 members (excludes halogenated alkanes) is 1. The van der Waals surface area contributed by atoms with Crippen LogP contribution in [0.25, 0.3) is 10.2 Å². The van der Waals surface area contributed by atoms with Crippen LogP contribution in [0.5, 0.6) is 0 Å². The van der Waals surface area contributed by atoms with Crippen molar-refractivity contribution in [2.45, 2.75) is 57.4 Å². The van der Waals surface area contributed by atoms with Gasteiger partial charge >= 0.3 is 0 Å². The zero-order valence-corrected chi connectivity index (χ0v) is 16.8. The van der Waals surface area contributed by atoms with Crippen molar-refractivity contribution in [1.82, 2.24) is 24.6 Å². The maximum absolute atomic E-state index is 12.6. The van der Waals surface area contributed by atoms with E-state index in [1.54, 1.807) is 11.3 Å². The molecule has 7 heteroatoms. The molecule has 0 bridgehead atoms. The van der Waals surface area contributed by atoms with Gasteiger partial charge in [-0.25, -0.2) is 14.6 Å². The number of hydrogen-bond acceptors (Lipinski definition) is 5. The molecule has 1 saturated carbocycles. The smallest absolute Gasteiger partial charge is 0.222 e. The lowest BCUT2D eigenvalue weighted by Gasteiger charge is -2.19. The van der Waals surface area contributed by atoms with Crippen LogP contribution in [0.4, 0.5) is 0 Å². The maximum atomic E-state index is 12.6. The molecule has 1 amide bonds. The number of rotatable bonds is 6. The highest BCUT2D eigenvalue weighted by atomic mass is 32.1. The molecule has 1 fully saturated rings. The summed E-state index contributed by atoms with van der Waals surface area (Å²) in [6.07, 6.45) is 6.77. The van der Waals surface area contributed by atoms with Gasteiger partial charge in [0.25, 0.3) is 0 Å². The van der Waals surface area contributed by atoms with Crippen molar-refractivity contribution in [1.29, 1.82) is 0 Å². The van der Waals surface area contributed by atoms with Crippen molar-refractivity contribution in [2.75, 3.05) is 13.1 Å². The summed E-state index contributed by atoms with van der Waals surface area (Å²) >= 11 is 1.77. The summed E-state index contributed by atoms with van der Waals surface area (Å²) in [4.78, 5) is 24.0. The van der Waals surface area contributed by atoms with Crippen LogP contribution >= 0.6 is 11.3 Å². The van der Waals surface area contributed by atoms with Gasteiger partial charge in [0.05, 0.1) is 21.8 Å². The zero-order chi connectivity index (χ0) is 18.9. The molecule has 0 saturated heterocycles. The predicted octanol–water partition coefficient (Wildman–Crippen LogP) is 3.56. The van der Waals surface area contributed by atoms with E-state index in [1.807, 2.05) is 15.6 Å². The van der Waals surface area contributed by atoms with Crippen LogP contribution in [0.15, 0.2) is 24.3 Å². The maximum Gasteiger partial charge on any atom is 0.222 e. The number of hydrogen-bond donors (Lipinski definition) is 0. The van der Waals surface area contributed by atoms with Gasteiger partial charge in [0, 0.05) is 31.8 Å². The van der Waals surface area contributed by atoms with Crippen molar-refractivity contribution < 1.29 is 4.79 Å². The van der Waals surface area contributed by atoms with E-state index in [-0.39, 0.29) is 5.91 Å². The highest BCUT2D eigenvalue weighted by Gasteiger charge is 2.30. The Balaban J connectivity index is 1.08. The normalized spacial score (nSPS) is 16.9. The number of aryl methyl sites for hydroxylation is 1. The second-order valence-corrected chi connectivity index (χ2v) is 8.91. The molecule has 1 aromatic carbocycles. The van der Waals surface area contributed by atoms with Crippen LogP contribution in [-0.4, -0.2) is 43.6 Å². The minimum atomic E-state index is 0.262. The Kier molecular flexibility index (Phi) is 4.84. The van der Waals surface area contributed by atoms with Crippen LogP contribution in [0.2, 0.25) is 0 Å². The van der Waals surface area contributed by atoms with Crippen molar-refractivity contribution in [2.24, 2.45) is 0 Å². The van der Waals surface area contributed by atoms with Crippen LogP contribution in [-0.2, 0) is 24.2 Å². The molecule has 1 aliphatic carbocycles. The Morgan fingerprint density at radius 2 is 2.00 bits per heavy atom. The first kappa shape index (κ1) is 17.8. The summed E-state index contributed by atoms with van der Waals surface area (Å²) in [5.74, 6) is 2.92. The topological polar surface area (TPSA) is 63.9 Å². The van der Waals surface area contributed by atoms with Crippen molar-refractivity contribution in [3.05, 3.63) is 40.9 Å². The lowest BCUT2D eigenvalue weighted by molar-refractivity contribution is -0.131. The van der Waals surface area contributed by atoms with Gasteiger partial charge in [0.15, 0.2) is 5.82 Å². The third kappa shape index (κ3) is 3.81. The van der Waals surface area contributed by atoms with Gasteiger partial charge in [-0.05, 0) is 44.2 Å². The molecule has 5 rings (SSSR count). The summed E-state index contributed by atoms with van der Waals surface area (Å²) in [6.45, 7) is 2.28. The fourth-order valence-electron chi connectivity index (χ4n) is 3.82. The van der Waals surface area contributed by atoms with E-state index in [4.69, 9.17) is 4.98 Å². The molecule has 0 atom stereocenters. The summed E-state index contributed by atoms with van der Waals surface area (Å²) in [5, 5.41) is 5.83. The van der Waals surface area contributed by atoms with E-state index in [1.165, 1.54) is 22.5 Å². The molecule has 0 spiro atoms. The standard InChI is InChI=1S/C21H25N5OS/c27-20(8-4-3-7-19-22-16-5-1-2-6-17(16)28-19)25-12-11-18-23-21(15-9-10-15)24-26(18)14-13-25/h1-2,5-6,15H,3-4,7-14H2. The van der Waals surface area contributed by atoms with Crippen LogP contribution < -0.4 is 0 Å². The molecule has 6 nitrogen and oxygen atoms in total. The second-order valence-electron chi connectivity index (χ2n) is 7.80. The summed E-state index contributed by atoms with van der Waals surface area (Å²) in [5.41, 5.74) is 1.08. The first-order valence-corrected chi connectivity index (χ1v) is 11.1. The molecule has 2 aromatic heterocycles. The predicted molar refractivity (Wildman–Crippen MR) is 109 cm³/mol. The number of carbonyl (C=O) groups excluding carboxylic acids is 1. The van der Waals surface area contributed by atoms with Gasteiger partial charge in [0.2, 0.25) is 5.91 Å².